The zero-order valence-corrected chi connectivity index (χ0v) is 15.8. The predicted octanol–water partition coefficient (Wildman–Crippen LogP) is 1.26. The fourth-order valence-electron chi connectivity index (χ4n) is 3.35. The lowest BCUT2D eigenvalue weighted by Gasteiger charge is -2.24. The van der Waals surface area contributed by atoms with Crippen molar-refractivity contribution in [2.75, 3.05) is 25.5 Å². The van der Waals surface area contributed by atoms with E-state index in [-0.39, 0.29) is 11.8 Å². The zero-order valence-electron chi connectivity index (χ0n) is 15.8. The first kappa shape index (κ1) is 18.1. The number of anilines is 1. The first-order chi connectivity index (χ1) is 13.7. The summed E-state index contributed by atoms with van der Waals surface area (Å²) in [6.07, 6.45) is 5.51. The monoisotopic (exact) mass is 382 g/mol. The Morgan fingerprint density at radius 3 is 3.07 bits per heavy atom. The highest BCUT2D eigenvalue weighted by Crippen LogP contribution is 2.24. The third kappa shape index (κ3) is 3.58. The van der Waals surface area contributed by atoms with Crippen molar-refractivity contribution in [3.05, 3.63) is 36.3 Å². The Morgan fingerprint density at radius 1 is 1.39 bits per heavy atom. The fourth-order valence-corrected chi connectivity index (χ4v) is 3.35. The number of aromatic nitrogens is 6. The minimum Gasteiger partial charge on any atom is -0.479 e. The minimum absolute atomic E-state index is 0.265. The number of rotatable bonds is 5. The summed E-state index contributed by atoms with van der Waals surface area (Å²) in [4.78, 5) is 17.1. The van der Waals surface area contributed by atoms with E-state index in [2.05, 4.69) is 30.9 Å². The van der Waals surface area contributed by atoms with Crippen LogP contribution in [0.25, 0.3) is 11.5 Å². The van der Waals surface area contributed by atoms with E-state index in [1.165, 1.54) is 11.8 Å². The van der Waals surface area contributed by atoms with E-state index in [0.29, 0.717) is 28.9 Å². The van der Waals surface area contributed by atoms with Crippen molar-refractivity contribution < 1.29 is 9.53 Å². The van der Waals surface area contributed by atoms with Gasteiger partial charge in [-0.25, -0.2) is 4.98 Å². The first-order valence-electron chi connectivity index (χ1n) is 9.12. The van der Waals surface area contributed by atoms with Gasteiger partial charge in [-0.05, 0) is 31.5 Å². The minimum atomic E-state index is -0.340. The van der Waals surface area contributed by atoms with Crippen LogP contribution in [0, 0.1) is 0 Å². The van der Waals surface area contributed by atoms with Crippen LogP contribution in [0.1, 0.15) is 29.2 Å². The summed E-state index contributed by atoms with van der Waals surface area (Å²) >= 11 is 0. The second-order valence-electron chi connectivity index (χ2n) is 6.65. The number of piperidine rings is 1. The summed E-state index contributed by atoms with van der Waals surface area (Å²) in [6, 6.07) is 5.71. The van der Waals surface area contributed by atoms with E-state index in [1.807, 2.05) is 16.7 Å². The third-order valence-electron chi connectivity index (χ3n) is 4.69. The van der Waals surface area contributed by atoms with Gasteiger partial charge in [0.15, 0.2) is 5.82 Å². The Hall–Kier alpha value is -3.27. The molecule has 1 aliphatic rings. The second kappa shape index (κ2) is 7.77. The number of aryl methyl sites for hydroxylation is 1. The number of carbonyl (C=O) groups is 1. The van der Waals surface area contributed by atoms with Crippen LogP contribution in [0.3, 0.4) is 0 Å². The van der Waals surface area contributed by atoms with Crippen LogP contribution in [0.5, 0.6) is 5.88 Å². The third-order valence-corrected chi connectivity index (χ3v) is 4.69. The smallest absolute Gasteiger partial charge is 0.263 e. The molecule has 28 heavy (non-hydrogen) atoms. The number of hydrogen-bond acceptors (Lipinski definition) is 7. The number of amides is 1. The highest BCUT2D eigenvalue weighted by Gasteiger charge is 2.21. The molecular weight excluding hydrogens is 360 g/mol. The fraction of sp³-hybridized carbons (Fsp3) is 0.389. The van der Waals surface area contributed by atoms with Crippen LogP contribution in [-0.4, -0.2) is 55.6 Å². The molecule has 3 aromatic heterocycles. The molecule has 1 fully saturated rings. The number of pyridine rings is 1. The average Bonchev–Trinajstić information content (AvgIpc) is 3.35. The molecule has 10 heteroatoms. The van der Waals surface area contributed by atoms with E-state index in [1.54, 1.807) is 25.6 Å². The first-order valence-corrected chi connectivity index (χ1v) is 9.12. The van der Waals surface area contributed by atoms with E-state index in [4.69, 9.17) is 4.74 Å². The predicted molar refractivity (Wildman–Crippen MR) is 102 cm³/mol. The molecule has 3 aromatic rings. The van der Waals surface area contributed by atoms with Gasteiger partial charge in [-0.1, -0.05) is 6.07 Å². The molecule has 0 saturated carbocycles. The number of ether oxygens (including phenoxy) is 1. The van der Waals surface area contributed by atoms with Crippen molar-refractivity contribution in [2.24, 2.45) is 7.05 Å². The van der Waals surface area contributed by atoms with Gasteiger partial charge in [0.25, 0.3) is 5.91 Å². The molecule has 0 radical (unpaired) electrons. The summed E-state index contributed by atoms with van der Waals surface area (Å²) in [7, 11) is 3.20. The molecule has 1 unspecified atom stereocenters. The molecule has 0 spiro atoms. The quantitative estimate of drug-likeness (QED) is 0.683. The number of methoxy groups -OCH3 is 1. The highest BCUT2D eigenvalue weighted by molar-refractivity contribution is 6.05. The number of nitrogens with zero attached hydrogens (tertiary/aromatic N) is 6. The lowest BCUT2D eigenvalue weighted by molar-refractivity contribution is 0.102. The van der Waals surface area contributed by atoms with Crippen LogP contribution in [0.2, 0.25) is 0 Å². The molecule has 1 amide bonds. The van der Waals surface area contributed by atoms with Crippen LogP contribution < -0.4 is 15.4 Å². The molecule has 4 heterocycles. The van der Waals surface area contributed by atoms with Crippen molar-refractivity contribution in [1.29, 1.82) is 0 Å². The van der Waals surface area contributed by atoms with Crippen molar-refractivity contribution in [1.82, 2.24) is 34.8 Å². The summed E-state index contributed by atoms with van der Waals surface area (Å²) in [5.74, 6) is 1.03. The van der Waals surface area contributed by atoms with Gasteiger partial charge >= 0.3 is 0 Å². The largest absolute Gasteiger partial charge is 0.479 e. The van der Waals surface area contributed by atoms with E-state index in [9.17, 15) is 4.79 Å². The van der Waals surface area contributed by atoms with Gasteiger partial charge in [-0.15, -0.1) is 15.3 Å². The Balaban J connectivity index is 1.57. The van der Waals surface area contributed by atoms with Gasteiger partial charge in [0.2, 0.25) is 5.88 Å². The Bertz CT molecular complexity index is 974. The second-order valence-corrected chi connectivity index (χ2v) is 6.65. The summed E-state index contributed by atoms with van der Waals surface area (Å²) in [6.45, 7) is 1.91. The van der Waals surface area contributed by atoms with Gasteiger partial charge in [0, 0.05) is 25.8 Å². The maximum absolute atomic E-state index is 12.6. The van der Waals surface area contributed by atoms with Crippen molar-refractivity contribution in [3.63, 3.8) is 0 Å². The molecule has 0 aromatic carbocycles. The zero-order chi connectivity index (χ0) is 19.5. The van der Waals surface area contributed by atoms with Gasteiger partial charge in [-0.3, -0.25) is 9.48 Å². The van der Waals surface area contributed by atoms with Crippen LogP contribution in [0.4, 0.5) is 5.82 Å². The molecule has 0 aliphatic carbocycles. The molecule has 146 valence electrons. The van der Waals surface area contributed by atoms with Gasteiger partial charge < -0.3 is 19.9 Å². The van der Waals surface area contributed by atoms with E-state index < -0.39 is 0 Å². The Labute approximate surface area is 161 Å². The van der Waals surface area contributed by atoms with Crippen molar-refractivity contribution in [3.8, 4) is 17.4 Å². The number of hydrogen-bond donors (Lipinski definition) is 2. The SMILES string of the molecule is COc1nn(C)cc1C(=O)Nc1cccc(-c2nncn2C2CCCNC2)n1. The van der Waals surface area contributed by atoms with Crippen LogP contribution in [-0.2, 0) is 7.05 Å². The normalized spacial score (nSPS) is 16.7. The molecule has 0 bridgehead atoms. The van der Waals surface area contributed by atoms with Gasteiger partial charge in [-0.2, -0.15) is 0 Å². The lowest BCUT2D eigenvalue weighted by Crippen LogP contribution is -2.31. The van der Waals surface area contributed by atoms with Crippen molar-refractivity contribution in [2.45, 2.75) is 18.9 Å². The summed E-state index contributed by atoms with van der Waals surface area (Å²) in [5, 5.41) is 18.6. The van der Waals surface area contributed by atoms with E-state index in [0.717, 1.165) is 25.9 Å². The van der Waals surface area contributed by atoms with Gasteiger partial charge in [0.1, 0.15) is 23.4 Å². The molecule has 10 nitrogen and oxygen atoms in total. The number of nitrogens with one attached hydrogen (secondary N) is 2. The lowest BCUT2D eigenvalue weighted by atomic mass is 10.1. The molecule has 1 aliphatic heterocycles. The van der Waals surface area contributed by atoms with Crippen LogP contribution >= 0.6 is 0 Å². The Morgan fingerprint density at radius 2 is 2.29 bits per heavy atom. The maximum Gasteiger partial charge on any atom is 0.263 e. The standard InChI is InChI=1S/C18H22N8O2/c1-25-10-13(18(24-25)28-2)17(27)22-15-7-3-6-14(21-15)16-23-20-11-26(16)12-5-4-8-19-9-12/h3,6-7,10-12,19H,4-5,8-9H2,1-2H3,(H,21,22,27). The van der Waals surface area contributed by atoms with E-state index >= 15 is 0 Å². The topological polar surface area (TPSA) is 112 Å². The summed E-state index contributed by atoms with van der Waals surface area (Å²) in [5.41, 5.74) is 0.993. The number of carbonyl (C=O) groups excluding carboxylic acids is 1. The van der Waals surface area contributed by atoms with Gasteiger partial charge in [0.05, 0.1) is 7.11 Å². The van der Waals surface area contributed by atoms with Crippen LogP contribution in [0.15, 0.2) is 30.7 Å². The molecular formula is C18H22N8O2. The average molecular weight is 382 g/mol. The Kier molecular flexibility index (Phi) is 5.02. The summed E-state index contributed by atoms with van der Waals surface area (Å²) < 4.78 is 8.72. The molecule has 4 rings (SSSR count). The molecule has 1 atom stereocenters. The molecule has 1 saturated heterocycles. The van der Waals surface area contributed by atoms with Crippen molar-refractivity contribution >= 4 is 11.7 Å². The molecule has 2 N–H and O–H groups in total. The maximum atomic E-state index is 12.6. The highest BCUT2D eigenvalue weighted by atomic mass is 16.5.